The molecular formula is C18H23ClN4O3. The summed E-state index contributed by atoms with van der Waals surface area (Å²) < 4.78 is 0. The maximum absolute atomic E-state index is 13.0. The molecule has 0 radical (unpaired) electrons. The predicted octanol–water partition coefficient (Wildman–Crippen LogP) is 0.971. The third kappa shape index (κ3) is 3.99. The summed E-state index contributed by atoms with van der Waals surface area (Å²) in [6, 6.07) is 5.07. The van der Waals surface area contributed by atoms with E-state index >= 15 is 0 Å². The van der Waals surface area contributed by atoms with Gasteiger partial charge in [0.05, 0.1) is 17.8 Å². The molecule has 1 aromatic carbocycles. The number of halogens is 1. The molecule has 1 aromatic rings. The fourth-order valence-electron chi connectivity index (χ4n) is 3.37. The number of hydrogen-bond acceptors (Lipinski definition) is 4. The molecule has 3 rings (SSSR count). The van der Waals surface area contributed by atoms with Gasteiger partial charge in [0.15, 0.2) is 0 Å². The number of carbonyl (C=O) groups excluding carboxylic acids is 3. The van der Waals surface area contributed by atoms with Gasteiger partial charge in [0, 0.05) is 51.2 Å². The molecule has 0 aliphatic carbocycles. The van der Waals surface area contributed by atoms with Crippen molar-refractivity contribution in [3.8, 4) is 0 Å². The second-order valence-corrected chi connectivity index (χ2v) is 6.99. The summed E-state index contributed by atoms with van der Waals surface area (Å²) in [4.78, 5) is 42.1. The molecule has 2 fully saturated rings. The molecule has 0 spiro atoms. The topological polar surface area (TPSA) is 73.0 Å². The molecule has 0 unspecified atom stereocenters. The highest BCUT2D eigenvalue weighted by molar-refractivity contribution is 6.31. The molecule has 140 valence electrons. The van der Waals surface area contributed by atoms with Gasteiger partial charge >= 0.3 is 0 Å². The van der Waals surface area contributed by atoms with Crippen LogP contribution < -0.4 is 10.2 Å². The Labute approximate surface area is 157 Å². The lowest BCUT2D eigenvalue weighted by Gasteiger charge is -2.35. The zero-order valence-electron chi connectivity index (χ0n) is 14.8. The quantitative estimate of drug-likeness (QED) is 0.847. The van der Waals surface area contributed by atoms with Crippen LogP contribution in [0.1, 0.15) is 23.2 Å². The van der Waals surface area contributed by atoms with Gasteiger partial charge in [-0.1, -0.05) is 11.6 Å². The van der Waals surface area contributed by atoms with Crippen LogP contribution in [0.3, 0.4) is 0 Å². The van der Waals surface area contributed by atoms with Crippen molar-refractivity contribution in [2.24, 2.45) is 0 Å². The number of hydrogen-bond donors (Lipinski definition) is 1. The molecule has 0 atom stereocenters. The molecular weight excluding hydrogens is 356 g/mol. The van der Waals surface area contributed by atoms with E-state index < -0.39 is 0 Å². The summed E-state index contributed by atoms with van der Waals surface area (Å²) in [5.41, 5.74) is 1.10. The van der Waals surface area contributed by atoms with Crippen LogP contribution in [0.25, 0.3) is 0 Å². The Balaban J connectivity index is 1.73. The molecule has 0 aromatic heterocycles. The first-order valence-electron chi connectivity index (χ1n) is 8.81. The summed E-state index contributed by atoms with van der Waals surface area (Å²) in [6.07, 6.45) is 1.29. The lowest BCUT2D eigenvalue weighted by molar-refractivity contribution is -0.122. The highest BCUT2D eigenvalue weighted by atomic mass is 35.5. The SMILES string of the molecule is CNC(=O)CN1CCN(C(=O)c2ccc(Cl)cc2N2CCCC2=O)CC1. The summed E-state index contributed by atoms with van der Waals surface area (Å²) in [7, 11) is 1.61. The highest BCUT2D eigenvalue weighted by Gasteiger charge is 2.29. The summed E-state index contributed by atoms with van der Waals surface area (Å²) in [5, 5.41) is 3.12. The Bertz CT molecular complexity index is 716. The van der Waals surface area contributed by atoms with Crippen LogP contribution in [0.2, 0.25) is 5.02 Å². The van der Waals surface area contributed by atoms with Gasteiger partial charge in [0.25, 0.3) is 5.91 Å². The second-order valence-electron chi connectivity index (χ2n) is 6.55. The Morgan fingerprint density at radius 3 is 2.50 bits per heavy atom. The van der Waals surface area contributed by atoms with E-state index in [0.717, 1.165) is 6.42 Å². The third-order valence-electron chi connectivity index (χ3n) is 4.86. The molecule has 8 heteroatoms. The minimum atomic E-state index is -0.101. The fourth-order valence-corrected chi connectivity index (χ4v) is 3.54. The molecule has 2 heterocycles. The lowest BCUT2D eigenvalue weighted by atomic mass is 10.1. The first-order chi connectivity index (χ1) is 12.5. The van der Waals surface area contributed by atoms with E-state index in [1.165, 1.54) is 0 Å². The van der Waals surface area contributed by atoms with Crippen LogP contribution >= 0.6 is 11.6 Å². The van der Waals surface area contributed by atoms with Crippen LogP contribution in [-0.2, 0) is 9.59 Å². The van der Waals surface area contributed by atoms with E-state index in [-0.39, 0.29) is 17.7 Å². The van der Waals surface area contributed by atoms with Gasteiger partial charge in [-0.25, -0.2) is 0 Å². The largest absolute Gasteiger partial charge is 0.358 e. The number of nitrogens with zero attached hydrogens (tertiary/aromatic N) is 3. The van der Waals surface area contributed by atoms with Crippen molar-refractivity contribution >= 4 is 35.0 Å². The van der Waals surface area contributed by atoms with Crippen molar-refractivity contribution < 1.29 is 14.4 Å². The van der Waals surface area contributed by atoms with Gasteiger partial charge in [0.2, 0.25) is 11.8 Å². The van der Waals surface area contributed by atoms with Gasteiger partial charge in [-0.3, -0.25) is 19.3 Å². The average Bonchev–Trinajstić information content (AvgIpc) is 3.07. The van der Waals surface area contributed by atoms with E-state index in [4.69, 9.17) is 11.6 Å². The minimum absolute atomic E-state index is 0.0247. The zero-order valence-corrected chi connectivity index (χ0v) is 15.6. The standard InChI is InChI=1S/C18H23ClN4O3/c1-20-16(24)12-21-7-9-22(10-8-21)18(26)14-5-4-13(19)11-15(14)23-6-2-3-17(23)25/h4-5,11H,2-3,6-10,12H2,1H3,(H,20,24). The maximum atomic E-state index is 13.0. The van der Waals surface area contributed by atoms with Crippen molar-refractivity contribution in [1.29, 1.82) is 0 Å². The second kappa shape index (κ2) is 8.05. The smallest absolute Gasteiger partial charge is 0.256 e. The summed E-state index contributed by atoms with van der Waals surface area (Å²) in [5.74, 6) is -0.106. The normalized spacial score (nSPS) is 18.3. The molecule has 2 aliphatic rings. The monoisotopic (exact) mass is 378 g/mol. The minimum Gasteiger partial charge on any atom is -0.358 e. The first-order valence-corrected chi connectivity index (χ1v) is 9.19. The third-order valence-corrected chi connectivity index (χ3v) is 5.10. The summed E-state index contributed by atoms with van der Waals surface area (Å²) in [6.45, 7) is 3.33. The van der Waals surface area contributed by atoms with E-state index in [9.17, 15) is 14.4 Å². The molecule has 0 bridgehead atoms. The van der Waals surface area contributed by atoms with Crippen molar-refractivity contribution in [3.05, 3.63) is 28.8 Å². The van der Waals surface area contributed by atoms with Crippen LogP contribution in [-0.4, -0.2) is 73.8 Å². The molecule has 3 amide bonds. The van der Waals surface area contributed by atoms with E-state index in [0.29, 0.717) is 62.0 Å². The van der Waals surface area contributed by atoms with Crippen molar-refractivity contribution in [1.82, 2.24) is 15.1 Å². The van der Waals surface area contributed by atoms with E-state index in [2.05, 4.69) is 5.32 Å². The van der Waals surface area contributed by atoms with Gasteiger partial charge in [-0.2, -0.15) is 0 Å². The number of likely N-dealkylation sites (N-methyl/N-ethyl adjacent to an activating group) is 1. The fraction of sp³-hybridized carbons (Fsp3) is 0.500. The highest BCUT2D eigenvalue weighted by Crippen LogP contribution is 2.29. The Morgan fingerprint density at radius 1 is 1.15 bits per heavy atom. The number of piperazine rings is 1. The lowest BCUT2D eigenvalue weighted by Crippen LogP contribution is -2.51. The average molecular weight is 379 g/mol. The van der Waals surface area contributed by atoms with E-state index in [1.807, 2.05) is 4.90 Å². The Kier molecular flexibility index (Phi) is 5.78. The van der Waals surface area contributed by atoms with Gasteiger partial charge in [-0.05, 0) is 24.6 Å². The van der Waals surface area contributed by atoms with Gasteiger partial charge in [0.1, 0.15) is 0 Å². The maximum Gasteiger partial charge on any atom is 0.256 e. The molecule has 0 saturated carbocycles. The Hall–Kier alpha value is -2.12. The van der Waals surface area contributed by atoms with E-state index in [1.54, 1.807) is 35.0 Å². The van der Waals surface area contributed by atoms with Crippen molar-refractivity contribution in [3.63, 3.8) is 0 Å². The molecule has 2 saturated heterocycles. The van der Waals surface area contributed by atoms with Crippen molar-refractivity contribution in [2.75, 3.05) is 51.2 Å². The van der Waals surface area contributed by atoms with Crippen LogP contribution in [0, 0.1) is 0 Å². The van der Waals surface area contributed by atoms with Crippen LogP contribution in [0.15, 0.2) is 18.2 Å². The molecule has 26 heavy (non-hydrogen) atoms. The summed E-state index contributed by atoms with van der Waals surface area (Å²) >= 11 is 6.11. The number of anilines is 1. The number of nitrogens with one attached hydrogen (secondary N) is 1. The number of rotatable bonds is 4. The first kappa shape index (κ1) is 18.7. The van der Waals surface area contributed by atoms with Gasteiger partial charge < -0.3 is 15.1 Å². The van der Waals surface area contributed by atoms with Crippen LogP contribution in [0.4, 0.5) is 5.69 Å². The Morgan fingerprint density at radius 2 is 1.88 bits per heavy atom. The molecule has 1 N–H and O–H groups in total. The number of benzene rings is 1. The molecule has 2 aliphatic heterocycles. The van der Waals surface area contributed by atoms with Crippen LogP contribution in [0.5, 0.6) is 0 Å². The predicted molar refractivity (Wildman–Crippen MR) is 99.4 cm³/mol. The number of carbonyl (C=O) groups is 3. The van der Waals surface area contributed by atoms with Crippen molar-refractivity contribution in [2.45, 2.75) is 12.8 Å². The number of amides is 3. The molecule has 7 nitrogen and oxygen atoms in total. The van der Waals surface area contributed by atoms with Gasteiger partial charge in [-0.15, -0.1) is 0 Å². The zero-order chi connectivity index (χ0) is 18.7.